The molecule has 3 aromatic rings. The Balaban J connectivity index is 2.20. The second-order valence-electron chi connectivity index (χ2n) is 6.08. The molecular formula is C19H18ClNO4S2. The number of hydrogen-bond acceptors (Lipinski definition) is 5. The summed E-state index contributed by atoms with van der Waals surface area (Å²) in [5.74, 6) is -0.370. The summed E-state index contributed by atoms with van der Waals surface area (Å²) in [6.45, 7) is 1.96. The van der Waals surface area contributed by atoms with Gasteiger partial charge in [-0.05, 0) is 49.4 Å². The molecule has 3 rings (SSSR count). The van der Waals surface area contributed by atoms with Crippen molar-refractivity contribution in [3.8, 4) is 0 Å². The lowest BCUT2D eigenvalue weighted by atomic mass is 10.2. The van der Waals surface area contributed by atoms with Crippen molar-refractivity contribution in [1.82, 2.24) is 4.57 Å². The van der Waals surface area contributed by atoms with Gasteiger partial charge in [-0.2, -0.15) is 0 Å². The third kappa shape index (κ3) is 4.15. The predicted octanol–water partition coefficient (Wildman–Crippen LogP) is 4.33. The van der Waals surface area contributed by atoms with E-state index in [0.29, 0.717) is 5.02 Å². The fraction of sp³-hybridized carbons (Fsp3) is 0.211. The zero-order valence-electron chi connectivity index (χ0n) is 15.0. The number of benzene rings is 2. The summed E-state index contributed by atoms with van der Waals surface area (Å²) in [6, 6.07) is 12.3. The van der Waals surface area contributed by atoms with Crippen LogP contribution in [-0.2, 0) is 25.9 Å². The Morgan fingerprint density at radius 2 is 1.85 bits per heavy atom. The van der Waals surface area contributed by atoms with Crippen molar-refractivity contribution < 1.29 is 17.9 Å². The molecule has 0 bridgehead atoms. The fourth-order valence-corrected chi connectivity index (χ4v) is 4.62. The number of aromatic nitrogens is 1. The number of rotatable bonds is 5. The van der Waals surface area contributed by atoms with Crippen LogP contribution in [-0.4, -0.2) is 32.3 Å². The highest BCUT2D eigenvalue weighted by Crippen LogP contribution is 2.39. The molecule has 142 valence electrons. The molecular weight excluding hydrogens is 406 g/mol. The van der Waals surface area contributed by atoms with E-state index < -0.39 is 9.84 Å². The third-order valence-electron chi connectivity index (χ3n) is 4.21. The monoisotopic (exact) mass is 423 g/mol. The van der Waals surface area contributed by atoms with Crippen molar-refractivity contribution in [3.63, 3.8) is 0 Å². The Morgan fingerprint density at radius 1 is 1.19 bits per heavy atom. The SMILES string of the molecule is COC(=O)Cn1c(C)c(Sc2ccc(Cl)cc2)c2cc(S(C)(=O)=O)ccc21. The van der Waals surface area contributed by atoms with E-state index >= 15 is 0 Å². The number of fused-ring (bicyclic) bond motifs is 1. The van der Waals surface area contributed by atoms with Gasteiger partial charge in [0.2, 0.25) is 0 Å². The van der Waals surface area contributed by atoms with Crippen molar-refractivity contribution in [2.24, 2.45) is 0 Å². The van der Waals surface area contributed by atoms with Crippen molar-refractivity contribution in [3.05, 3.63) is 53.2 Å². The van der Waals surface area contributed by atoms with Gasteiger partial charge in [0.25, 0.3) is 0 Å². The molecule has 1 aromatic heterocycles. The number of ether oxygens (including phenoxy) is 1. The average molecular weight is 424 g/mol. The molecule has 0 saturated carbocycles. The number of methoxy groups -OCH3 is 1. The second-order valence-corrected chi connectivity index (χ2v) is 9.62. The van der Waals surface area contributed by atoms with Gasteiger partial charge in [-0.3, -0.25) is 4.79 Å². The lowest BCUT2D eigenvalue weighted by Gasteiger charge is -2.07. The Bertz CT molecular complexity index is 1120. The summed E-state index contributed by atoms with van der Waals surface area (Å²) in [5, 5.41) is 1.42. The van der Waals surface area contributed by atoms with E-state index in [1.165, 1.54) is 25.1 Å². The Hall–Kier alpha value is -1.96. The highest BCUT2D eigenvalue weighted by Gasteiger charge is 2.19. The minimum Gasteiger partial charge on any atom is -0.468 e. The molecule has 0 aliphatic carbocycles. The van der Waals surface area contributed by atoms with Crippen molar-refractivity contribution >= 4 is 50.1 Å². The number of halogens is 1. The first-order valence-electron chi connectivity index (χ1n) is 8.04. The molecule has 0 spiro atoms. The normalized spacial score (nSPS) is 11.7. The van der Waals surface area contributed by atoms with E-state index in [1.807, 2.05) is 23.6 Å². The van der Waals surface area contributed by atoms with Gasteiger partial charge in [-0.15, -0.1) is 0 Å². The minimum absolute atomic E-state index is 0.0538. The Morgan fingerprint density at radius 3 is 2.44 bits per heavy atom. The molecule has 0 unspecified atom stereocenters. The first-order chi connectivity index (χ1) is 12.7. The maximum absolute atomic E-state index is 12.0. The fourth-order valence-electron chi connectivity index (χ4n) is 2.81. The van der Waals surface area contributed by atoms with Crippen LogP contribution >= 0.6 is 23.4 Å². The zero-order chi connectivity index (χ0) is 19.8. The largest absolute Gasteiger partial charge is 0.468 e. The van der Waals surface area contributed by atoms with E-state index in [4.69, 9.17) is 16.3 Å². The summed E-state index contributed by atoms with van der Waals surface area (Å²) >= 11 is 7.46. The molecule has 0 saturated heterocycles. The molecule has 0 atom stereocenters. The number of sulfone groups is 1. The first kappa shape index (κ1) is 19.8. The van der Waals surface area contributed by atoms with E-state index in [9.17, 15) is 13.2 Å². The van der Waals surface area contributed by atoms with E-state index in [-0.39, 0.29) is 17.4 Å². The lowest BCUT2D eigenvalue weighted by molar-refractivity contribution is -0.141. The summed E-state index contributed by atoms with van der Waals surface area (Å²) in [7, 11) is -2.01. The van der Waals surface area contributed by atoms with E-state index in [1.54, 1.807) is 30.3 Å². The van der Waals surface area contributed by atoms with Gasteiger partial charge in [-0.25, -0.2) is 8.42 Å². The Kier molecular flexibility index (Phi) is 5.55. The first-order valence-corrected chi connectivity index (χ1v) is 11.1. The summed E-state index contributed by atoms with van der Waals surface area (Å²) in [4.78, 5) is 13.9. The van der Waals surface area contributed by atoms with Crippen molar-refractivity contribution in [1.29, 1.82) is 0 Å². The topological polar surface area (TPSA) is 65.4 Å². The van der Waals surface area contributed by atoms with Crippen LogP contribution < -0.4 is 0 Å². The van der Waals surface area contributed by atoms with Crippen LogP contribution in [0.1, 0.15) is 5.69 Å². The number of esters is 1. The van der Waals surface area contributed by atoms with Crippen LogP contribution in [0, 0.1) is 6.92 Å². The standard InChI is InChI=1S/C19H18ClNO4S2/c1-12-19(26-14-6-4-13(20)5-7-14)16-10-15(27(3,23)24)8-9-17(16)21(12)11-18(22)25-2/h4-10H,11H2,1-3H3. The van der Waals surface area contributed by atoms with Crippen LogP contribution in [0.4, 0.5) is 0 Å². The van der Waals surface area contributed by atoms with Crippen LogP contribution in [0.5, 0.6) is 0 Å². The zero-order valence-corrected chi connectivity index (χ0v) is 17.4. The second kappa shape index (κ2) is 7.58. The molecule has 0 radical (unpaired) electrons. The quantitative estimate of drug-likeness (QED) is 0.571. The molecule has 8 heteroatoms. The average Bonchev–Trinajstić information content (AvgIpc) is 2.88. The molecule has 0 aliphatic rings. The third-order valence-corrected chi connectivity index (χ3v) is 6.80. The van der Waals surface area contributed by atoms with Gasteiger partial charge in [-0.1, -0.05) is 23.4 Å². The van der Waals surface area contributed by atoms with Crippen LogP contribution in [0.3, 0.4) is 0 Å². The predicted molar refractivity (Wildman–Crippen MR) is 107 cm³/mol. The van der Waals surface area contributed by atoms with Crippen LogP contribution in [0.15, 0.2) is 57.2 Å². The van der Waals surface area contributed by atoms with Gasteiger partial charge >= 0.3 is 5.97 Å². The minimum atomic E-state index is -3.35. The maximum Gasteiger partial charge on any atom is 0.325 e. The summed E-state index contributed by atoms with van der Waals surface area (Å²) in [5.41, 5.74) is 1.64. The highest BCUT2D eigenvalue weighted by molar-refractivity contribution is 7.99. The Labute approximate surface area is 167 Å². The molecule has 0 aliphatic heterocycles. The molecule has 0 N–H and O–H groups in total. The summed E-state index contributed by atoms with van der Waals surface area (Å²) < 4.78 is 30.6. The summed E-state index contributed by atoms with van der Waals surface area (Å²) in [6.07, 6.45) is 1.18. The van der Waals surface area contributed by atoms with Gasteiger partial charge < -0.3 is 9.30 Å². The van der Waals surface area contributed by atoms with Gasteiger partial charge in [0.15, 0.2) is 9.84 Å². The van der Waals surface area contributed by atoms with Gasteiger partial charge in [0.05, 0.1) is 17.5 Å². The molecule has 1 heterocycles. The number of carbonyl (C=O) groups excluding carboxylic acids is 1. The van der Waals surface area contributed by atoms with Crippen molar-refractivity contribution in [2.45, 2.75) is 28.2 Å². The van der Waals surface area contributed by atoms with Crippen LogP contribution in [0.2, 0.25) is 5.02 Å². The molecule has 0 amide bonds. The lowest BCUT2D eigenvalue weighted by Crippen LogP contribution is -2.12. The number of hydrogen-bond donors (Lipinski definition) is 0. The molecule has 0 fully saturated rings. The van der Waals surface area contributed by atoms with Gasteiger partial charge in [0.1, 0.15) is 6.54 Å². The molecule has 5 nitrogen and oxygen atoms in total. The number of carbonyl (C=O) groups is 1. The van der Waals surface area contributed by atoms with E-state index in [0.717, 1.165) is 26.4 Å². The smallest absolute Gasteiger partial charge is 0.325 e. The molecule has 27 heavy (non-hydrogen) atoms. The van der Waals surface area contributed by atoms with Gasteiger partial charge in [0, 0.05) is 32.1 Å². The van der Waals surface area contributed by atoms with Crippen molar-refractivity contribution in [2.75, 3.05) is 13.4 Å². The number of nitrogens with zero attached hydrogens (tertiary/aromatic N) is 1. The van der Waals surface area contributed by atoms with E-state index in [2.05, 4.69) is 0 Å². The molecule has 2 aromatic carbocycles. The highest BCUT2D eigenvalue weighted by atomic mass is 35.5. The maximum atomic E-state index is 12.0. The van der Waals surface area contributed by atoms with Crippen LogP contribution in [0.25, 0.3) is 10.9 Å².